The van der Waals surface area contributed by atoms with Gasteiger partial charge in [-0.3, -0.25) is 4.79 Å². The molecule has 0 radical (unpaired) electrons. The molecule has 1 aliphatic heterocycles. The van der Waals surface area contributed by atoms with E-state index in [9.17, 15) is 4.79 Å². The minimum Gasteiger partial charge on any atom is -0.369 e. The summed E-state index contributed by atoms with van der Waals surface area (Å²) in [5, 5.41) is 4.33. The predicted molar refractivity (Wildman–Crippen MR) is 134 cm³/mol. The Balaban J connectivity index is 1.81. The van der Waals surface area contributed by atoms with Gasteiger partial charge in [-0.25, -0.2) is 0 Å². The Labute approximate surface area is 198 Å². The highest BCUT2D eigenvalue weighted by molar-refractivity contribution is 6.31. The first-order valence-corrected chi connectivity index (χ1v) is 12.4. The molecular formula is C27H38ClN3O. The Kier molecular flexibility index (Phi) is 9.15. The van der Waals surface area contributed by atoms with Crippen LogP contribution in [0.2, 0.25) is 5.02 Å². The van der Waals surface area contributed by atoms with Gasteiger partial charge in [-0.05, 0) is 75.0 Å². The lowest BCUT2D eigenvalue weighted by molar-refractivity contribution is -0.124. The molecule has 0 spiro atoms. The number of halogens is 1. The summed E-state index contributed by atoms with van der Waals surface area (Å²) in [6, 6.07) is 18.4. The lowest BCUT2D eigenvalue weighted by Gasteiger charge is -2.36. The first-order chi connectivity index (χ1) is 15.4. The van der Waals surface area contributed by atoms with Crippen molar-refractivity contribution in [2.75, 3.05) is 26.2 Å². The number of hydrogen-bond acceptors (Lipinski definition) is 3. The number of likely N-dealkylation sites (tertiary alicyclic amines) is 1. The molecule has 4 nitrogen and oxygen atoms in total. The molecule has 32 heavy (non-hydrogen) atoms. The van der Waals surface area contributed by atoms with E-state index in [-0.39, 0.29) is 11.9 Å². The van der Waals surface area contributed by atoms with Crippen LogP contribution in [0.3, 0.4) is 0 Å². The van der Waals surface area contributed by atoms with Crippen molar-refractivity contribution in [3.8, 4) is 0 Å². The minimum absolute atomic E-state index is 0.218. The van der Waals surface area contributed by atoms with Crippen molar-refractivity contribution < 1.29 is 4.79 Å². The van der Waals surface area contributed by atoms with Crippen LogP contribution in [0.4, 0.5) is 0 Å². The smallest absolute Gasteiger partial charge is 0.228 e. The van der Waals surface area contributed by atoms with Crippen LogP contribution in [0.1, 0.15) is 63.1 Å². The van der Waals surface area contributed by atoms with Crippen LogP contribution in [0.15, 0.2) is 54.6 Å². The third kappa shape index (κ3) is 6.12. The van der Waals surface area contributed by atoms with Gasteiger partial charge in [-0.2, -0.15) is 0 Å². The highest BCUT2D eigenvalue weighted by Crippen LogP contribution is 2.37. The summed E-state index contributed by atoms with van der Waals surface area (Å²) >= 11 is 6.62. The number of piperidine rings is 1. The molecule has 2 unspecified atom stereocenters. The Morgan fingerprint density at radius 2 is 1.69 bits per heavy atom. The average Bonchev–Trinajstić information content (AvgIpc) is 2.80. The molecule has 5 heteroatoms. The monoisotopic (exact) mass is 455 g/mol. The van der Waals surface area contributed by atoms with Crippen LogP contribution < -0.4 is 11.1 Å². The molecule has 0 aliphatic carbocycles. The summed E-state index contributed by atoms with van der Waals surface area (Å²) in [5.41, 5.74) is 7.46. The Bertz CT molecular complexity index is 851. The maximum absolute atomic E-state index is 13.0. The van der Waals surface area contributed by atoms with Crippen LogP contribution in [-0.4, -0.2) is 37.0 Å². The average molecular weight is 456 g/mol. The molecule has 1 amide bonds. The van der Waals surface area contributed by atoms with Crippen molar-refractivity contribution in [2.45, 2.75) is 57.4 Å². The van der Waals surface area contributed by atoms with E-state index >= 15 is 0 Å². The molecular weight excluding hydrogens is 418 g/mol. The summed E-state index contributed by atoms with van der Waals surface area (Å²) < 4.78 is 0. The molecule has 1 fully saturated rings. The fourth-order valence-electron chi connectivity index (χ4n) is 4.99. The molecule has 0 bridgehead atoms. The van der Waals surface area contributed by atoms with Crippen LogP contribution in [0, 0.1) is 5.92 Å². The minimum atomic E-state index is -0.791. The van der Waals surface area contributed by atoms with Crippen molar-refractivity contribution in [2.24, 2.45) is 11.7 Å². The van der Waals surface area contributed by atoms with Crippen LogP contribution >= 0.6 is 11.6 Å². The quantitative estimate of drug-likeness (QED) is 0.482. The normalized spacial score (nSPS) is 17.8. The number of primary amides is 1. The first-order valence-electron chi connectivity index (χ1n) is 12.0. The number of nitrogens with zero attached hydrogens (tertiary/aromatic N) is 1. The van der Waals surface area contributed by atoms with E-state index in [1.54, 1.807) is 0 Å². The number of carbonyl (C=O) groups excluding carboxylic acids is 1. The van der Waals surface area contributed by atoms with Gasteiger partial charge in [0.1, 0.15) is 0 Å². The van der Waals surface area contributed by atoms with Crippen molar-refractivity contribution >= 4 is 17.5 Å². The third-order valence-electron chi connectivity index (χ3n) is 6.91. The molecule has 0 aromatic heterocycles. The van der Waals surface area contributed by atoms with Crippen molar-refractivity contribution in [3.05, 3.63) is 70.7 Å². The number of benzene rings is 2. The number of rotatable bonds is 11. The Morgan fingerprint density at radius 1 is 1.03 bits per heavy atom. The standard InChI is InChI=1S/C27H38ClN3O/c1-21(2)25(22-11-5-3-6-12-22)30-17-15-27(26(29)32,23-13-7-8-14-24(23)28)16-20-31-18-9-4-10-19-31/h3,5-8,11-14,21,25,30H,4,9-10,15-20H2,1-2H3,(H2,29,32). The highest BCUT2D eigenvalue weighted by Gasteiger charge is 2.40. The Hall–Kier alpha value is -1.88. The second-order valence-electron chi connectivity index (χ2n) is 9.42. The van der Waals surface area contributed by atoms with Crippen LogP contribution in [0.25, 0.3) is 0 Å². The zero-order valence-corrected chi connectivity index (χ0v) is 20.3. The first kappa shape index (κ1) is 24.8. The summed E-state index contributed by atoms with van der Waals surface area (Å²) in [6.07, 6.45) is 5.05. The molecule has 174 valence electrons. The van der Waals surface area contributed by atoms with Crippen LogP contribution in [-0.2, 0) is 10.2 Å². The van der Waals surface area contributed by atoms with E-state index < -0.39 is 5.41 Å². The van der Waals surface area contributed by atoms with Gasteiger partial charge in [0.15, 0.2) is 0 Å². The lowest BCUT2D eigenvalue weighted by atomic mass is 9.73. The van der Waals surface area contributed by atoms with E-state index in [1.807, 2.05) is 30.3 Å². The molecule has 2 atom stereocenters. The second-order valence-corrected chi connectivity index (χ2v) is 9.82. The SMILES string of the molecule is CC(C)C(NCCC(CCN1CCCCC1)(C(N)=O)c1ccccc1Cl)c1ccccc1. The molecule has 1 heterocycles. The number of hydrogen-bond donors (Lipinski definition) is 2. The fraction of sp³-hybridized carbons (Fsp3) is 0.519. The molecule has 3 rings (SSSR count). The predicted octanol–water partition coefficient (Wildman–Crippen LogP) is 5.32. The maximum Gasteiger partial charge on any atom is 0.228 e. The van der Waals surface area contributed by atoms with Crippen molar-refractivity contribution in [3.63, 3.8) is 0 Å². The Morgan fingerprint density at radius 3 is 2.31 bits per heavy atom. The molecule has 1 aliphatic rings. The van der Waals surface area contributed by atoms with Gasteiger partial charge >= 0.3 is 0 Å². The maximum atomic E-state index is 13.0. The van der Waals surface area contributed by atoms with Gasteiger partial charge in [0.2, 0.25) is 5.91 Å². The van der Waals surface area contributed by atoms with Crippen molar-refractivity contribution in [1.29, 1.82) is 0 Å². The molecule has 2 aromatic rings. The van der Waals surface area contributed by atoms with Gasteiger partial charge < -0.3 is 16.0 Å². The fourth-order valence-corrected chi connectivity index (χ4v) is 5.31. The van der Waals surface area contributed by atoms with Gasteiger partial charge in [-0.15, -0.1) is 0 Å². The zero-order valence-electron chi connectivity index (χ0n) is 19.5. The number of nitrogens with one attached hydrogen (secondary N) is 1. The van der Waals surface area contributed by atoms with Gasteiger partial charge in [0, 0.05) is 11.1 Å². The molecule has 2 aromatic carbocycles. The lowest BCUT2D eigenvalue weighted by Crippen LogP contribution is -2.47. The number of carbonyl (C=O) groups is 1. The topological polar surface area (TPSA) is 58.4 Å². The zero-order chi connectivity index (χ0) is 23.0. The number of amides is 1. The molecule has 3 N–H and O–H groups in total. The van der Waals surface area contributed by atoms with E-state index in [0.717, 1.165) is 25.2 Å². The summed E-state index contributed by atoms with van der Waals surface area (Å²) in [6.45, 7) is 8.18. The van der Waals surface area contributed by atoms with Crippen molar-refractivity contribution in [1.82, 2.24) is 10.2 Å². The van der Waals surface area contributed by atoms with Gasteiger partial charge in [0.05, 0.1) is 5.41 Å². The van der Waals surface area contributed by atoms with E-state index in [4.69, 9.17) is 17.3 Å². The highest BCUT2D eigenvalue weighted by atomic mass is 35.5. The second kappa shape index (κ2) is 11.8. The van der Waals surface area contributed by atoms with Gasteiger partial charge in [-0.1, -0.05) is 80.4 Å². The number of nitrogens with two attached hydrogens (primary N) is 1. The largest absolute Gasteiger partial charge is 0.369 e. The van der Waals surface area contributed by atoms with Crippen LogP contribution in [0.5, 0.6) is 0 Å². The molecule has 0 saturated carbocycles. The van der Waals surface area contributed by atoms with E-state index in [1.165, 1.54) is 24.8 Å². The summed E-state index contributed by atoms with van der Waals surface area (Å²) in [7, 11) is 0. The molecule has 1 saturated heterocycles. The van der Waals surface area contributed by atoms with E-state index in [0.29, 0.717) is 30.3 Å². The summed E-state index contributed by atoms with van der Waals surface area (Å²) in [4.78, 5) is 15.5. The van der Waals surface area contributed by atoms with Gasteiger partial charge in [0.25, 0.3) is 0 Å². The van der Waals surface area contributed by atoms with E-state index in [2.05, 4.69) is 48.3 Å². The third-order valence-corrected chi connectivity index (χ3v) is 7.24. The summed E-state index contributed by atoms with van der Waals surface area (Å²) in [5.74, 6) is 0.138.